The van der Waals surface area contributed by atoms with Crippen molar-refractivity contribution in [1.82, 2.24) is 5.32 Å². The van der Waals surface area contributed by atoms with Crippen LogP contribution in [-0.4, -0.2) is 14.2 Å². The number of hydrogen-bond donors (Lipinski definition) is 1. The van der Waals surface area contributed by atoms with Gasteiger partial charge in [-0.15, -0.1) is 0 Å². The highest BCUT2D eigenvalue weighted by atomic mass is 16.5. The first kappa shape index (κ1) is 13.0. The lowest BCUT2D eigenvalue weighted by molar-refractivity contribution is 0.415. The number of ether oxygens (including phenoxy) is 1. The molecule has 98 valence electrons. The summed E-state index contributed by atoms with van der Waals surface area (Å²) in [6.07, 6.45) is 1.02. The molecule has 1 aromatic carbocycles. The molecule has 0 aliphatic heterocycles. The maximum atomic E-state index is 5.92. The van der Waals surface area contributed by atoms with E-state index < -0.39 is 0 Å². The van der Waals surface area contributed by atoms with Gasteiger partial charge in [0, 0.05) is 10.9 Å². The molecular weight excluding hydrogens is 226 g/mol. The van der Waals surface area contributed by atoms with E-state index in [2.05, 4.69) is 25.2 Å². The van der Waals surface area contributed by atoms with Gasteiger partial charge in [-0.2, -0.15) is 0 Å². The molecule has 0 spiro atoms. The fourth-order valence-electron chi connectivity index (χ4n) is 2.24. The van der Waals surface area contributed by atoms with Gasteiger partial charge in [-0.25, -0.2) is 0 Å². The van der Waals surface area contributed by atoms with Crippen LogP contribution in [0.2, 0.25) is 0 Å². The molecule has 0 fully saturated rings. The molecule has 1 N–H and O–H groups in total. The number of fused-ring (bicyclic) bond motifs is 1. The highest BCUT2D eigenvalue weighted by Gasteiger charge is 2.15. The fraction of sp³-hybridized carbons (Fsp3) is 0.467. The lowest BCUT2D eigenvalue weighted by Gasteiger charge is -2.06. The van der Waals surface area contributed by atoms with Crippen molar-refractivity contribution in [3.05, 3.63) is 29.5 Å². The third-order valence-electron chi connectivity index (χ3n) is 3.03. The number of hydrogen-bond acceptors (Lipinski definition) is 3. The number of rotatable bonds is 5. The molecule has 3 nitrogen and oxygen atoms in total. The smallest absolute Gasteiger partial charge is 0.134 e. The van der Waals surface area contributed by atoms with E-state index in [1.54, 1.807) is 7.11 Å². The zero-order chi connectivity index (χ0) is 13.1. The SMILES string of the molecule is CNCc1oc2ccc(OC)cc2c1CC(C)C. The first-order chi connectivity index (χ1) is 8.65. The highest BCUT2D eigenvalue weighted by molar-refractivity contribution is 5.83. The summed E-state index contributed by atoms with van der Waals surface area (Å²) < 4.78 is 11.2. The first-order valence-electron chi connectivity index (χ1n) is 6.38. The normalized spacial score (nSPS) is 11.4. The third-order valence-corrected chi connectivity index (χ3v) is 3.03. The second-order valence-electron chi connectivity index (χ2n) is 4.99. The maximum Gasteiger partial charge on any atom is 0.134 e. The Morgan fingerprint density at radius 3 is 2.72 bits per heavy atom. The van der Waals surface area contributed by atoms with Crippen LogP contribution in [-0.2, 0) is 13.0 Å². The van der Waals surface area contributed by atoms with Gasteiger partial charge in [-0.3, -0.25) is 0 Å². The molecule has 0 saturated heterocycles. The van der Waals surface area contributed by atoms with Gasteiger partial charge in [0.05, 0.1) is 13.7 Å². The average Bonchev–Trinajstić information content (AvgIpc) is 2.67. The summed E-state index contributed by atoms with van der Waals surface area (Å²) in [6.45, 7) is 5.21. The summed E-state index contributed by atoms with van der Waals surface area (Å²) in [5.41, 5.74) is 2.24. The van der Waals surface area contributed by atoms with Crippen LogP contribution in [0.5, 0.6) is 5.75 Å². The summed E-state index contributed by atoms with van der Waals surface area (Å²) in [5.74, 6) is 2.52. The molecule has 0 unspecified atom stereocenters. The minimum atomic E-state index is 0.604. The Morgan fingerprint density at radius 1 is 1.33 bits per heavy atom. The van der Waals surface area contributed by atoms with Gasteiger partial charge in [0.25, 0.3) is 0 Å². The molecule has 1 heterocycles. The number of nitrogens with one attached hydrogen (secondary N) is 1. The highest BCUT2D eigenvalue weighted by Crippen LogP contribution is 2.31. The van der Waals surface area contributed by atoms with Gasteiger partial charge in [0.1, 0.15) is 17.1 Å². The molecule has 0 aliphatic carbocycles. The Labute approximate surface area is 108 Å². The monoisotopic (exact) mass is 247 g/mol. The second-order valence-corrected chi connectivity index (χ2v) is 4.99. The standard InChI is InChI=1S/C15H21NO2/c1-10(2)7-12-13-8-11(17-4)5-6-14(13)18-15(12)9-16-3/h5-6,8,10,16H,7,9H2,1-4H3. The van der Waals surface area contributed by atoms with Gasteiger partial charge >= 0.3 is 0 Å². The van der Waals surface area contributed by atoms with E-state index >= 15 is 0 Å². The molecule has 0 bridgehead atoms. The number of methoxy groups -OCH3 is 1. The molecule has 0 amide bonds. The Bertz CT molecular complexity index is 529. The van der Waals surface area contributed by atoms with Gasteiger partial charge in [0.15, 0.2) is 0 Å². The third kappa shape index (κ3) is 2.51. The molecule has 18 heavy (non-hydrogen) atoms. The van der Waals surface area contributed by atoms with Crippen LogP contribution in [0.4, 0.5) is 0 Å². The topological polar surface area (TPSA) is 34.4 Å². The van der Waals surface area contributed by atoms with Crippen LogP contribution < -0.4 is 10.1 Å². The van der Waals surface area contributed by atoms with E-state index in [9.17, 15) is 0 Å². The number of furan rings is 1. The molecule has 0 aliphatic rings. The Morgan fingerprint density at radius 2 is 2.11 bits per heavy atom. The van der Waals surface area contributed by atoms with Crippen LogP contribution in [0.25, 0.3) is 11.0 Å². The lowest BCUT2D eigenvalue weighted by atomic mass is 9.99. The van der Waals surface area contributed by atoms with Crippen molar-refractivity contribution in [2.24, 2.45) is 5.92 Å². The Hall–Kier alpha value is -1.48. The molecule has 3 heteroatoms. The molecule has 2 aromatic rings. The first-order valence-corrected chi connectivity index (χ1v) is 6.38. The van der Waals surface area contributed by atoms with Crippen LogP contribution in [0.1, 0.15) is 25.2 Å². The van der Waals surface area contributed by atoms with Gasteiger partial charge < -0.3 is 14.5 Å². The van der Waals surface area contributed by atoms with Gasteiger partial charge in [-0.1, -0.05) is 13.8 Å². The minimum absolute atomic E-state index is 0.604. The van der Waals surface area contributed by atoms with E-state index in [-0.39, 0.29) is 0 Å². The molecule has 2 rings (SSSR count). The van der Waals surface area contributed by atoms with Crippen molar-refractivity contribution in [2.45, 2.75) is 26.8 Å². The van der Waals surface area contributed by atoms with Crippen molar-refractivity contribution in [3.8, 4) is 5.75 Å². The van der Waals surface area contributed by atoms with Crippen LogP contribution in [0.15, 0.2) is 22.6 Å². The van der Waals surface area contributed by atoms with Crippen molar-refractivity contribution in [2.75, 3.05) is 14.2 Å². The van der Waals surface area contributed by atoms with Crippen LogP contribution in [0, 0.1) is 5.92 Å². The van der Waals surface area contributed by atoms with E-state index in [0.717, 1.165) is 30.1 Å². The van der Waals surface area contributed by atoms with Gasteiger partial charge in [0.2, 0.25) is 0 Å². The summed E-state index contributed by atoms with van der Waals surface area (Å²) in [6, 6.07) is 5.99. The molecule has 0 atom stereocenters. The largest absolute Gasteiger partial charge is 0.497 e. The van der Waals surface area contributed by atoms with Crippen molar-refractivity contribution >= 4 is 11.0 Å². The average molecular weight is 247 g/mol. The predicted molar refractivity (Wildman–Crippen MR) is 74.1 cm³/mol. The molecule has 0 saturated carbocycles. The van der Waals surface area contributed by atoms with Crippen LogP contribution >= 0.6 is 0 Å². The second kappa shape index (κ2) is 5.44. The Kier molecular flexibility index (Phi) is 3.92. The lowest BCUT2D eigenvalue weighted by Crippen LogP contribution is -2.07. The summed E-state index contributed by atoms with van der Waals surface area (Å²) >= 11 is 0. The van der Waals surface area contributed by atoms with E-state index in [1.165, 1.54) is 10.9 Å². The summed E-state index contributed by atoms with van der Waals surface area (Å²) in [7, 11) is 3.63. The molecule has 0 radical (unpaired) electrons. The van der Waals surface area contributed by atoms with E-state index in [4.69, 9.17) is 9.15 Å². The quantitative estimate of drug-likeness (QED) is 0.879. The summed E-state index contributed by atoms with van der Waals surface area (Å²) in [5, 5.41) is 4.34. The fourth-order valence-corrected chi connectivity index (χ4v) is 2.24. The maximum absolute atomic E-state index is 5.92. The number of benzene rings is 1. The van der Waals surface area contributed by atoms with Crippen molar-refractivity contribution < 1.29 is 9.15 Å². The Balaban J connectivity index is 2.54. The van der Waals surface area contributed by atoms with Crippen molar-refractivity contribution in [1.29, 1.82) is 0 Å². The predicted octanol–water partition coefficient (Wildman–Crippen LogP) is 3.36. The zero-order valence-corrected chi connectivity index (χ0v) is 11.5. The van der Waals surface area contributed by atoms with Crippen molar-refractivity contribution in [3.63, 3.8) is 0 Å². The zero-order valence-electron chi connectivity index (χ0n) is 11.5. The van der Waals surface area contributed by atoms with Crippen LogP contribution in [0.3, 0.4) is 0 Å². The molecular formula is C15H21NO2. The van der Waals surface area contributed by atoms with E-state index in [1.807, 2.05) is 19.2 Å². The summed E-state index contributed by atoms with van der Waals surface area (Å²) in [4.78, 5) is 0. The van der Waals surface area contributed by atoms with Gasteiger partial charge in [-0.05, 0) is 37.6 Å². The molecule has 1 aromatic heterocycles. The minimum Gasteiger partial charge on any atom is -0.497 e. The van der Waals surface area contributed by atoms with E-state index in [0.29, 0.717) is 5.92 Å².